The number of carbonyl (C=O) groups excluding carboxylic acids is 1. The second-order valence-electron chi connectivity index (χ2n) is 4.71. The number of allylic oxidation sites excluding steroid dienone is 2. The molecule has 0 amide bonds. The molecule has 17 heavy (non-hydrogen) atoms. The summed E-state index contributed by atoms with van der Waals surface area (Å²) in [6, 6.07) is 0. The third-order valence-electron chi connectivity index (χ3n) is 1.73. The van der Waals surface area contributed by atoms with Gasteiger partial charge in [-0.15, -0.1) is 0 Å². The van der Waals surface area contributed by atoms with Crippen molar-refractivity contribution in [2.24, 2.45) is 11.8 Å². The van der Waals surface area contributed by atoms with Crippen LogP contribution in [-0.4, -0.2) is 18.7 Å². The average molecular weight is 262 g/mol. The summed E-state index contributed by atoms with van der Waals surface area (Å²) >= 11 is 0. The van der Waals surface area contributed by atoms with E-state index in [2.05, 4.69) is 0 Å². The molecular formula is C12H23O4P. The van der Waals surface area contributed by atoms with Crippen molar-refractivity contribution in [1.82, 2.24) is 0 Å². The summed E-state index contributed by atoms with van der Waals surface area (Å²) in [4.78, 5) is 11.7. The fraction of sp³-hybridized carbons (Fsp3) is 0.750. The van der Waals surface area contributed by atoms with Crippen molar-refractivity contribution < 1.29 is 18.4 Å². The van der Waals surface area contributed by atoms with E-state index < -0.39 is 13.1 Å². The van der Waals surface area contributed by atoms with Crippen molar-refractivity contribution >= 4 is 13.1 Å². The van der Waals surface area contributed by atoms with Crippen LogP contribution in [0.3, 0.4) is 0 Å². The number of rotatable bonds is 8. The lowest BCUT2D eigenvalue weighted by Crippen LogP contribution is -2.11. The van der Waals surface area contributed by atoms with E-state index in [0.717, 1.165) is 0 Å². The van der Waals surface area contributed by atoms with Crippen molar-refractivity contribution in [3.05, 3.63) is 12.2 Å². The van der Waals surface area contributed by atoms with Crippen LogP contribution >= 0.6 is 7.60 Å². The van der Waals surface area contributed by atoms with Crippen molar-refractivity contribution in [2.45, 2.75) is 34.6 Å². The van der Waals surface area contributed by atoms with Gasteiger partial charge in [-0.2, -0.15) is 0 Å². The Labute approximate surface area is 104 Å². The molecule has 0 aliphatic heterocycles. The molecule has 0 radical (unpaired) electrons. The molecule has 0 aromatic rings. The molecule has 0 fully saturated rings. The summed E-state index contributed by atoms with van der Waals surface area (Å²) in [6.07, 6.45) is 2.77. The molecule has 0 aromatic heterocycles. The van der Waals surface area contributed by atoms with Crippen LogP contribution in [0, 0.1) is 11.8 Å². The molecule has 0 atom stereocenters. The zero-order valence-corrected chi connectivity index (χ0v) is 12.2. The lowest BCUT2D eigenvalue weighted by molar-refractivity contribution is -0.110. The minimum Gasteiger partial charge on any atom is -0.303 e. The Morgan fingerprint density at radius 1 is 1.12 bits per heavy atom. The van der Waals surface area contributed by atoms with Crippen molar-refractivity contribution in [2.75, 3.05) is 13.2 Å². The first kappa shape index (κ1) is 16.6. The fourth-order valence-corrected chi connectivity index (χ4v) is 2.54. The SMILES string of the molecule is CC=CC(=O)P(=O)(OCC(C)C)OCC(C)C. The van der Waals surface area contributed by atoms with Gasteiger partial charge in [0.2, 0.25) is 0 Å². The van der Waals surface area contributed by atoms with Gasteiger partial charge in [-0.3, -0.25) is 9.36 Å². The first-order valence-electron chi connectivity index (χ1n) is 5.88. The van der Waals surface area contributed by atoms with Crippen LogP contribution in [0.15, 0.2) is 12.2 Å². The lowest BCUT2D eigenvalue weighted by Gasteiger charge is -2.18. The lowest BCUT2D eigenvalue weighted by atomic mass is 10.2. The van der Waals surface area contributed by atoms with Crippen molar-refractivity contribution in [3.8, 4) is 0 Å². The quantitative estimate of drug-likeness (QED) is 0.495. The van der Waals surface area contributed by atoms with Crippen LogP contribution in [-0.2, 0) is 18.4 Å². The molecule has 5 heteroatoms. The molecule has 0 aliphatic carbocycles. The maximum Gasteiger partial charge on any atom is 0.400 e. The molecular weight excluding hydrogens is 239 g/mol. The molecule has 100 valence electrons. The van der Waals surface area contributed by atoms with Gasteiger partial charge in [0, 0.05) is 0 Å². The van der Waals surface area contributed by atoms with Gasteiger partial charge in [0.05, 0.1) is 13.2 Å². The van der Waals surface area contributed by atoms with Crippen LogP contribution in [0.5, 0.6) is 0 Å². The van der Waals surface area contributed by atoms with Gasteiger partial charge in [0.15, 0.2) is 0 Å². The first-order chi connectivity index (χ1) is 7.81. The molecule has 0 saturated heterocycles. The summed E-state index contributed by atoms with van der Waals surface area (Å²) in [5.41, 5.74) is -0.582. The van der Waals surface area contributed by atoms with Crippen LogP contribution in [0.4, 0.5) is 0 Å². The highest BCUT2D eigenvalue weighted by Gasteiger charge is 2.33. The Kier molecular flexibility index (Phi) is 7.60. The predicted molar refractivity (Wildman–Crippen MR) is 69.0 cm³/mol. The highest BCUT2D eigenvalue weighted by molar-refractivity contribution is 7.72. The molecule has 0 bridgehead atoms. The molecule has 4 nitrogen and oxygen atoms in total. The van der Waals surface area contributed by atoms with E-state index in [1.807, 2.05) is 27.7 Å². The maximum atomic E-state index is 12.3. The largest absolute Gasteiger partial charge is 0.400 e. The van der Waals surface area contributed by atoms with E-state index in [1.165, 1.54) is 12.2 Å². The topological polar surface area (TPSA) is 52.6 Å². The van der Waals surface area contributed by atoms with Crippen LogP contribution < -0.4 is 0 Å². The van der Waals surface area contributed by atoms with Gasteiger partial charge in [-0.25, -0.2) is 0 Å². The molecule has 0 aromatic carbocycles. The number of hydrogen-bond acceptors (Lipinski definition) is 4. The third-order valence-corrected chi connectivity index (χ3v) is 3.40. The number of hydrogen-bond donors (Lipinski definition) is 0. The highest BCUT2D eigenvalue weighted by Crippen LogP contribution is 2.50. The van der Waals surface area contributed by atoms with E-state index in [1.54, 1.807) is 6.92 Å². The molecule has 0 aliphatic rings. The minimum absolute atomic E-state index is 0.199. The zero-order valence-electron chi connectivity index (χ0n) is 11.3. The van der Waals surface area contributed by atoms with Gasteiger partial charge in [-0.1, -0.05) is 33.8 Å². The summed E-state index contributed by atoms with van der Waals surface area (Å²) in [6.45, 7) is 9.88. The Morgan fingerprint density at radius 3 is 1.82 bits per heavy atom. The van der Waals surface area contributed by atoms with Crippen molar-refractivity contribution in [1.29, 1.82) is 0 Å². The summed E-state index contributed by atoms with van der Waals surface area (Å²) in [7, 11) is -3.66. The van der Waals surface area contributed by atoms with Gasteiger partial charge in [0.25, 0.3) is 5.52 Å². The molecule has 0 saturated carbocycles. The van der Waals surface area contributed by atoms with Gasteiger partial charge >= 0.3 is 7.60 Å². The highest BCUT2D eigenvalue weighted by atomic mass is 31.2. The Bertz CT molecular complexity index is 292. The molecule has 0 unspecified atom stereocenters. The average Bonchev–Trinajstić information content (AvgIpc) is 2.24. The van der Waals surface area contributed by atoms with Crippen LogP contribution in [0.1, 0.15) is 34.6 Å². The first-order valence-corrected chi connectivity index (χ1v) is 7.42. The Morgan fingerprint density at radius 2 is 1.53 bits per heavy atom. The molecule has 0 rings (SSSR count). The van der Waals surface area contributed by atoms with Crippen LogP contribution in [0.25, 0.3) is 0 Å². The fourth-order valence-electron chi connectivity index (χ4n) is 0.893. The number of carbonyl (C=O) groups is 1. The molecule has 0 N–H and O–H groups in total. The zero-order chi connectivity index (χ0) is 13.5. The monoisotopic (exact) mass is 262 g/mol. The van der Waals surface area contributed by atoms with E-state index in [9.17, 15) is 9.36 Å². The summed E-state index contributed by atoms with van der Waals surface area (Å²) < 4.78 is 22.6. The predicted octanol–water partition coefficient (Wildman–Crippen LogP) is 3.63. The van der Waals surface area contributed by atoms with Gasteiger partial charge < -0.3 is 9.05 Å². The standard InChI is InChI=1S/C12H23O4P/c1-6-7-12(13)17(14,15-8-10(2)3)16-9-11(4)5/h6-7,10-11H,8-9H2,1-5H3. The van der Waals surface area contributed by atoms with Gasteiger partial charge in [0.1, 0.15) is 0 Å². The Hall–Kier alpha value is -0.440. The minimum atomic E-state index is -3.66. The van der Waals surface area contributed by atoms with E-state index in [-0.39, 0.29) is 25.0 Å². The van der Waals surface area contributed by atoms with E-state index in [4.69, 9.17) is 9.05 Å². The summed E-state index contributed by atoms with van der Waals surface area (Å²) in [5, 5.41) is 0. The maximum absolute atomic E-state index is 12.3. The third kappa shape index (κ3) is 6.77. The smallest absolute Gasteiger partial charge is 0.303 e. The second kappa shape index (κ2) is 7.80. The van der Waals surface area contributed by atoms with E-state index in [0.29, 0.717) is 0 Å². The summed E-state index contributed by atoms with van der Waals surface area (Å²) in [5.74, 6) is 0.397. The van der Waals surface area contributed by atoms with Gasteiger partial charge in [-0.05, 0) is 24.8 Å². The Balaban J connectivity index is 4.68. The molecule has 0 spiro atoms. The second-order valence-corrected chi connectivity index (χ2v) is 6.67. The van der Waals surface area contributed by atoms with E-state index >= 15 is 0 Å². The van der Waals surface area contributed by atoms with Crippen molar-refractivity contribution in [3.63, 3.8) is 0 Å². The molecule has 0 heterocycles. The normalized spacial score (nSPS) is 12.9. The van der Waals surface area contributed by atoms with Crippen LogP contribution in [0.2, 0.25) is 0 Å².